The van der Waals surface area contributed by atoms with Gasteiger partial charge in [-0.1, -0.05) is 6.92 Å². The number of fused-ring (bicyclic) bond motifs is 1. The highest BCUT2D eigenvalue weighted by Gasteiger charge is 2.38. The predicted molar refractivity (Wildman–Crippen MR) is 86.7 cm³/mol. The van der Waals surface area contributed by atoms with E-state index in [1.165, 1.54) is 0 Å². The maximum Gasteiger partial charge on any atom is 0.237 e. The highest BCUT2D eigenvalue weighted by Crippen LogP contribution is 2.29. The van der Waals surface area contributed by atoms with Gasteiger partial charge in [0.25, 0.3) is 0 Å². The third-order valence-corrected chi connectivity index (χ3v) is 4.55. The SMILES string of the molecule is CC1CN(C(=O)CC#N)C1CCN(C)c1ncnc2[nH]ccc12. The molecule has 2 aromatic heterocycles. The van der Waals surface area contributed by atoms with Crippen molar-refractivity contribution >= 4 is 22.8 Å². The molecule has 3 rings (SSSR count). The largest absolute Gasteiger partial charge is 0.359 e. The highest BCUT2D eigenvalue weighted by molar-refractivity contribution is 5.87. The molecule has 1 amide bonds. The van der Waals surface area contributed by atoms with Gasteiger partial charge in [0.05, 0.1) is 11.5 Å². The summed E-state index contributed by atoms with van der Waals surface area (Å²) < 4.78 is 0. The minimum absolute atomic E-state index is 0.0328. The lowest BCUT2D eigenvalue weighted by Crippen LogP contribution is -2.58. The van der Waals surface area contributed by atoms with E-state index in [0.29, 0.717) is 5.92 Å². The van der Waals surface area contributed by atoms with Gasteiger partial charge in [-0.25, -0.2) is 9.97 Å². The minimum atomic E-state index is -0.0617. The average molecular weight is 312 g/mol. The smallest absolute Gasteiger partial charge is 0.237 e. The van der Waals surface area contributed by atoms with Gasteiger partial charge in [0, 0.05) is 32.4 Å². The van der Waals surface area contributed by atoms with Gasteiger partial charge in [-0.2, -0.15) is 5.26 Å². The monoisotopic (exact) mass is 312 g/mol. The normalized spacial score (nSPS) is 20.1. The Morgan fingerprint density at radius 2 is 2.39 bits per heavy atom. The van der Waals surface area contributed by atoms with Crippen LogP contribution in [0.15, 0.2) is 18.6 Å². The third kappa shape index (κ3) is 2.84. The molecule has 1 N–H and O–H groups in total. The summed E-state index contributed by atoms with van der Waals surface area (Å²) in [6.45, 7) is 3.70. The fraction of sp³-hybridized carbons (Fsp3) is 0.500. The van der Waals surface area contributed by atoms with Crippen LogP contribution in [0.2, 0.25) is 0 Å². The van der Waals surface area contributed by atoms with Crippen LogP contribution in [0.4, 0.5) is 5.82 Å². The topological polar surface area (TPSA) is 88.9 Å². The minimum Gasteiger partial charge on any atom is -0.359 e. The first kappa shape index (κ1) is 15.3. The second-order valence-electron chi connectivity index (χ2n) is 6.07. The lowest BCUT2D eigenvalue weighted by Gasteiger charge is -2.47. The van der Waals surface area contributed by atoms with Gasteiger partial charge in [-0.05, 0) is 18.4 Å². The number of nitriles is 1. The Kier molecular flexibility index (Phi) is 4.15. The summed E-state index contributed by atoms with van der Waals surface area (Å²) in [6.07, 6.45) is 4.24. The highest BCUT2D eigenvalue weighted by atomic mass is 16.2. The second-order valence-corrected chi connectivity index (χ2v) is 6.07. The first-order valence-electron chi connectivity index (χ1n) is 7.77. The van der Waals surface area contributed by atoms with Crippen molar-refractivity contribution in [1.29, 1.82) is 5.26 Å². The van der Waals surface area contributed by atoms with Crippen LogP contribution in [-0.4, -0.2) is 51.9 Å². The van der Waals surface area contributed by atoms with E-state index < -0.39 is 0 Å². The molecule has 0 bridgehead atoms. The lowest BCUT2D eigenvalue weighted by atomic mass is 9.87. The number of H-pyrrole nitrogens is 1. The molecular weight excluding hydrogens is 292 g/mol. The fourth-order valence-corrected chi connectivity index (χ4v) is 3.23. The molecular formula is C16H20N6O. The van der Waals surface area contributed by atoms with Gasteiger partial charge in [-0.15, -0.1) is 0 Å². The predicted octanol–water partition coefficient (Wildman–Crippen LogP) is 1.54. The lowest BCUT2D eigenvalue weighted by molar-refractivity contribution is -0.142. The van der Waals surface area contributed by atoms with Crippen LogP contribution < -0.4 is 4.90 Å². The number of nitrogens with zero attached hydrogens (tertiary/aromatic N) is 5. The van der Waals surface area contributed by atoms with E-state index >= 15 is 0 Å². The molecule has 0 saturated carbocycles. The number of likely N-dealkylation sites (tertiary alicyclic amines) is 1. The van der Waals surface area contributed by atoms with E-state index in [2.05, 4.69) is 26.8 Å². The van der Waals surface area contributed by atoms with E-state index in [4.69, 9.17) is 5.26 Å². The van der Waals surface area contributed by atoms with Crippen LogP contribution in [0.1, 0.15) is 19.8 Å². The van der Waals surface area contributed by atoms with Crippen LogP contribution in [0.25, 0.3) is 11.0 Å². The second kappa shape index (κ2) is 6.24. The number of carbonyl (C=O) groups excluding carboxylic acids is 1. The van der Waals surface area contributed by atoms with E-state index in [1.807, 2.05) is 30.3 Å². The molecule has 2 aromatic rings. The van der Waals surface area contributed by atoms with Crippen molar-refractivity contribution in [3.63, 3.8) is 0 Å². The summed E-state index contributed by atoms with van der Waals surface area (Å²) in [7, 11) is 2.00. The quantitative estimate of drug-likeness (QED) is 0.904. The van der Waals surface area contributed by atoms with Gasteiger partial charge in [0.2, 0.25) is 5.91 Å². The van der Waals surface area contributed by atoms with Crippen LogP contribution in [-0.2, 0) is 4.79 Å². The van der Waals surface area contributed by atoms with Gasteiger partial charge in [-0.3, -0.25) is 4.79 Å². The Bertz CT molecular complexity index is 748. The summed E-state index contributed by atoms with van der Waals surface area (Å²) in [6, 6.07) is 4.12. The van der Waals surface area contributed by atoms with Crippen molar-refractivity contribution < 1.29 is 4.79 Å². The van der Waals surface area contributed by atoms with Crippen LogP contribution in [0, 0.1) is 17.2 Å². The Labute approximate surface area is 134 Å². The molecule has 23 heavy (non-hydrogen) atoms. The Hall–Kier alpha value is -2.62. The van der Waals surface area contributed by atoms with Crippen molar-refractivity contribution in [3.8, 4) is 6.07 Å². The summed E-state index contributed by atoms with van der Waals surface area (Å²) >= 11 is 0. The molecule has 0 radical (unpaired) electrons. The van der Waals surface area contributed by atoms with E-state index in [9.17, 15) is 4.79 Å². The van der Waals surface area contributed by atoms with Crippen LogP contribution in [0.3, 0.4) is 0 Å². The number of hydrogen-bond donors (Lipinski definition) is 1. The molecule has 7 heteroatoms. The van der Waals surface area contributed by atoms with E-state index in [0.717, 1.165) is 36.4 Å². The summed E-state index contributed by atoms with van der Waals surface area (Å²) in [5, 5.41) is 9.68. The molecule has 7 nitrogen and oxygen atoms in total. The maximum absolute atomic E-state index is 11.9. The number of amides is 1. The molecule has 2 unspecified atom stereocenters. The zero-order valence-electron chi connectivity index (χ0n) is 13.4. The molecule has 1 aliphatic rings. The molecule has 2 atom stereocenters. The van der Waals surface area contributed by atoms with Crippen molar-refractivity contribution in [2.24, 2.45) is 5.92 Å². The first-order valence-corrected chi connectivity index (χ1v) is 7.77. The van der Waals surface area contributed by atoms with Crippen LogP contribution >= 0.6 is 0 Å². The number of carbonyl (C=O) groups is 1. The molecule has 3 heterocycles. The van der Waals surface area contributed by atoms with Crippen molar-refractivity contribution in [1.82, 2.24) is 19.9 Å². The number of nitrogens with one attached hydrogen (secondary N) is 1. The summed E-state index contributed by atoms with van der Waals surface area (Å²) in [4.78, 5) is 27.5. The molecule has 0 spiro atoms. The summed E-state index contributed by atoms with van der Waals surface area (Å²) in [5.41, 5.74) is 0.824. The molecule has 1 aliphatic heterocycles. The number of rotatable bonds is 5. The van der Waals surface area contributed by atoms with Crippen molar-refractivity contribution in [3.05, 3.63) is 18.6 Å². The first-order chi connectivity index (χ1) is 11.1. The third-order valence-electron chi connectivity index (χ3n) is 4.55. The average Bonchev–Trinajstić information content (AvgIpc) is 3.01. The molecule has 0 aliphatic carbocycles. The number of hydrogen-bond acceptors (Lipinski definition) is 5. The van der Waals surface area contributed by atoms with Gasteiger partial charge >= 0.3 is 0 Å². The standard InChI is InChI=1S/C16H20N6O/c1-11-9-22(14(23)3-6-17)13(11)5-8-21(2)16-12-4-7-18-15(12)19-10-20-16/h4,7,10-11,13H,3,5,8-9H2,1-2H3,(H,18,19,20). The Morgan fingerprint density at radius 1 is 1.57 bits per heavy atom. The molecule has 1 saturated heterocycles. The number of aromatic nitrogens is 3. The zero-order valence-corrected chi connectivity index (χ0v) is 13.4. The van der Waals surface area contributed by atoms with E-state index in [-0.39, 0.29) is 18.4 Å². The number of anilines is 1. The molecule has 1 fully saturated rings. The molecule has 0 aromatic carbocycles. The molecule has 120 valence electrons. The van der Waals surface area contributed by atoms with Crippen molar-refractivity contribution in [2.75, 3.05) is 25.0 Å². The van der Waals surface area contributed by atoms with E-state index in [1.54, 1.807) is 6.33 Å². The van der Waals surface area contributed by atoms with Crippen molar-refractivity contribution in [2.45, 2.75) is 25.8 Å². The number of aromatic amines is 1. The fourth-order valence-electron chi connectivity index (χ4n) is 3.23. The van der Waals surface area contributed by atoms with Gasteiger partial charge < -0.3 is 14.8 Å². The Morgan fingerprint density at radius 3 is 3.13 bits per heavy atom. The maximum atomic E-state index is 11.9. The Balaban J connectivity index is 1.65. The van der Waals surface area contributed by atoms with Crippen LogP contribution in [0.5, 0.6) is 0 Å². The zero-order chi connectivity index (χ0) is 16.4. The van der Waals surface area contributed by atoms with Gasteiger partial charge in [0.15, 0.2) is 0 Å². The van der Waals surface area contributed by atoms with Gasteiger partial charge in [0.1, 0.15) is 24.2 Å². The summed E-state index contributed by atoms with van der Waals surface area (Å²) in [5.74, 6) is 1.30.